The summed E-state index contributed by atoms with van der Waals surface area (Å²) in [7, 11) is 3.93. The van der Waals surface area contributed by atoms with Crippen molar-refractivity contribution in [2.75, 3.05) is 27.2 Å². The highest BCUT2D eigenvalue weighted by Gasteiger charge is 2.58. The SMILES string of the molecule is CN(C)CCCN1C(=O)NC2(CC(C)(C)Oc3ccc(Cl)cc32)C1=O. The van der Waals surface area contributed by atoms with Gasteiger partial charge in [0.2, 0.25) is 0 Å². The van der Waals surface area contributed by atoms with Gasteiger partial charge >= 0.3 is 6.03 Å². The van der Waals surface area contributed by atoms with Gasteiger partial charge in [0.25, 0.3) is 5.91 Å². The maximum atomic E-state index is 13.3. The highest BCUT2D eigenvalue weighted by Crippen LogP contribution is 2.47. The van der Waals surface area contributed by atoms with Gasteiger partial charge in [0, 0.05) is 23.6 Å². The van der Waals surface area contributed by atoms with Crippen LogP contribution in [0, 0.1) is 0 Å². The number of ether oxygens (including phenoxy) is 1. The maximum absolute atomic E-state index is 13.3. The summed E-state index contributed by atoms with van der Waals surface area (Å²) in [6, 6.07) is 4.85. The molecule has 1 fully saturated rings. The predicted molar refractivity (Wildman–Crippen MR) is 95.9 cm³/mol. The van der Waals surface area contributed by atoms with Crippen LogP contribution in [0.4, 0.5) is 4.79 Å². The molecule has 3 amide bonds. The second kappa shape index (κ2) is 6.18. The number of hydrogen-bond acceptors (Lipinski definition) is 4. The van der Waals surface area contributed by atoms with Crippen LogP contribution < -0.4 is 10.1 Å². The van der Waals surface area contributed by atoms with E-state index in [2.05, 4.69) is 5.32 Å². The van der Waals surface area contributed by atoms with Crippen molar-refractivity contribution in [2.45, 2.75) is 37.8 Å². The number of urea groups is 1. The maximum Gasteiger partial charge on any atom is 0.325 e. The molecule has 7 heteroatoms. The molecule has 25 heavy (non-hydrogen) atoms. The number of imide groups is 1. The van der Waals surface area contributed by atoms with E-state index < -0.39 is 11.1 Å². The van der Waals surface area contributed by atoms with Gasteiger partial charge in [-0.25, -0.2) is 4.79 Å². The van der Waals surface area contributed by atoms with Crippen LogP contribution in [0.5, 0.6) is 5.75 Å². The molecule has 1 atom stereocenters. The molecule has 0 saturated carbocycles. The molecule has 2 aliphatic rings. The zero-order valence-corrected chi connectivity index (χ0v) is 15.8. The molecule has 1 aromatic carbocycles. The largest absolute Gasteiger partial charge is 0.487 e. The van der Waals surface area contributed by atoms with Gasteiger partial charge < -0.3 is 15.0 Å². The molecule has 1 N–H and O–H groups in total. The van der Waals surface area contributed by atoms with E-state index in [-0.39, 0.29) is 11.9 Å². The quantitative estimate of drug-likeness (QED) is 0.833. The fraction of sp³-hybridized carbons (Fsp3) is 0.556. The molecule has 3 rings (SSSR count). The Morgan fingerprint density at radius 2 is 2.04 bits per heavy atom. The zero-order chi connectivity index (χ0) is 18.4. The summed E-state index contributed by atoms with van der Waals surface area (Å²) in [6.45, 7) is 5.03. The van der Waals surface area contributed by atoms with Crippen molar-refractivity contribution in [2.24, 2.45) is 0 Å². The fourth-order valence-corrected chi connectivity index (χ4v) is 3.84. The monoisotopic (exact) mass is 365 g/mol. The van der Waals surface area contributed by atoms with Gasteiger partial charge in [-0.3, -0.25) is 9.69 Å². The lowest BCUT2D eigenvalue weighted by atomic mass is 9.77. The normalized spacial score (nSPS) is 24.5. The highest BCUT2D eigenvalue weighted by atomic mass is 35.5. The molecule has 1 saturated heterocycles. The number of rotatable bonds is 4. The molecular formula is C18H24ClN3O3. The molecule has 1 unspecified atom stereocenters. The summed E-state index contributed by atoms with van der Waals surface area (Å²) in [4.78, 5) is 29.2. The Labute approximate surface area is 153 Å². The molecule has 6 nitrogen and oxygen atoms in total. The number of carbonyl (C=O) groups excluding carboxylic acids is 2. The number of carbonyl (C=O) groups is 2. The third kappa shape index (κ3) is 3.20. The Balaban J connectivity index is 1.97. The van der Waals surface area contributed by atoms with Crippen LogP contribution >= 0.6 is 11.6 Å². The van der Waals surface area contributed by atoms with Crippen LogP contribution in [0.15, 0.2) is 18.2 Å². The standard InChI is InChI=1S/C18H24ClN3O3/c1-17(2)11-18(13-10-12(19)6-7-14(13)25-17)15(23)22(16(24)20-18)9-5-8-21(3)4/h6-7,10H,5,8-9,11H2,1-4H3,(H,20,24). The van der Waals surface area contributed by atoms with Gasteiger partial charge in [-0.15, -0.1) is 0 Å². The Hall–Kier alpha value is -1.79. The summed E-state index contributed by atoms with van der Waals surface area (Å²) in [5.41, 5.74) is -1.06. The van der Waals surface area contributed by atoms with Crippen molar-refractivity contribution in [3.05, 3.63) is 28.8 Å². The first-order valence-corrected chi connectivity index (χ1v) is 8.80. The molecule has 1 spiro atoms. The number of nitrogens with zero attached hydrogens (tertiary/aromatic N) is 2. The van der Waals surface area contributed by atoms with E-state index in [1.807, 2.05) is 32.8 Å². The Kier molecular flexibility index (Phi) is 4.45. The average Bonchev–Trinajstić information content (AvgIpc) is 2.71. The van der Waals surface area contributed by atoms with Gasteiger partial charge in [0.1, 0.15) is 11.4 Å². The minimum absolute atomic E-state index is 0.226. The molecule has 2 heterocycles. The predicted octanol–water partition coefficient (Wildman–Crippen LogP) is 2.60. The zero-order valence-electron chi connectivity index (χ0n) is 15.1. The van der Waals surface area contributed by atoms with E-state index >= 15 is 0 Å². The topological polar surface area (TPSA) is 61.9 Å². The van der Waals surface area contributed by atoms with E-state index in [9.17, 15) is 9.59 Å². The second-order valence-corrected chi connectivity index (χ2v) is 8.06. The number of halogens is 1. The smallest absolute Gasteiger partial charge is 0.325 e. The van der Waals surface area contributed by atoms with Gasteiger partial charge in [0.15, 0.2) is 5.54 Å². The summed E-state index contributed by atoms with van der Waals surface area (Å²) in [5, 5.41) is 3.44. The van der Waals surface area contributed by atoms with Crippen LogP contribution in [-0.4, -0.2) is 54.5 Å². The number of nitrogens with one attached hydrogen (secondary N) is 1. The van der Waals surface area contributed by atoms with Crippen LogP contribution in [0.25, 0.3) is 0 Å². The Morgan fingerprint density at radius 3 is 2.72 bits per heavy atom. The van der Waals surface area contributed by atoms with Crippen molar-refractivity contribution in [1.82, 2.24) is 15.1 Å². The first-order valence-electron chi connectivity index (χ1n) is 8.42. The molecule has 0 aromatic heterocycles. The van der Waals surface area contributed by atoms with Crippen molar-refractivity contribution in [3.63, 3.8) is 0 Å². The fourth-order valence-electron chi connectivity index (χ4n) is 3.67. The van der Waals surface area contributed by atoms with Crippen molar-refractivity contribution >= 4 is 23.5 Å². The number of benzene rings is 1. The Morgan fingerprint density at radius 1 is 1.32 bits per heavy atom. The van der Waals surface area contributed by atoms with Crippen molar-refractivity contribution in [3.8, 4) is 5.75 Å². The minimum atomic E-state index is -1.11. The number of fused-ring (bicyclic) bond motifs is 2. The molecule has 0 aliphatic carbocycles. The first kappa shape index (κ1) is 18.0. The summed E-state index contributed by atoms with van der Waals surface area (Å²) in [5.74, 6) is 0.362. The van der Waals surface area contributed by atoms with E-state index in [4.69, 9.17) is 16.3 Å². The average molecular weight is 366 g/mol. The molecule has 136 valence electrons. The van der Waals surface area contributed by atoms with Gasteiger partial charge in [0.05, 0.1) is 0 Å². The van der Waals surface area contributed by atoms with Gasteiger partial charge in [-0.2, -0.15) is 0 Å². The summed E-state index contributed by atoms with van der Waals surface area (Å²) in [6.07, 6.45) is 1.09. The minimum Gasteiger partial charge on any atom is -0.487 e. The second-order valence-electron chi connectivity index (χ2n) is 7.63. The third-order valence-electron chi connectivity index (χ3n) is 4.64. The molecule has 0 bridgehead atoms. The number of hydrogen-bond donors (Lipinski definition) is 1. The summed E-state index contributed by atoms with van der Waals surface area (Å²) < 4.78 is 6.01. The third-order valence-corrected chi connectivity index (χ3v) is 4.88. The van der Waals surface area contributed by atoms with Crippen LogP contribution in [0.2, 0.25) is 5.02 Å². The van der Waals surface area contributed by atoms with E-state index in [1.165, 1.54) is 4.90 Å². The van der Waals surface area contributed by atoms with E-state index in [1.54, 1.807) is 18.2 Å². The Bertz CT molecular complexity index is 720. The first-order chi connectivity index (χ1) is 11.6. The highest BCUT2D eigenvalue weighted by molar-refractivity contribution is 6.30. The lowest BCUT2D eigenvalue weighted by Crippen LogP contribution is -2.53. The van der Waals surface area contributed by atoms with Gasteiger partial charge in [-0.1, -0.05) is 11.6 Å². The van der Waals surface area contributed by atoms with E-state index in [0.717, 1.165) is 13.0 Å². The van der Waals surface area contributed by atoms with E-state index in [0.29, 0.717) is 29.3 Å². The van der Waals surface area contributed by atoms with Crippen LogP contribution in [-0.2, 0) is 10.3 Å². The van der Waals surface area contributed by atoms with Crippen LogP contribution in [0.1, 0.15) is 32.3 Å². The molecule has 0 radical (unpaired) electrons. The molecular weight excluding hydrogens is 342 g/mol. The lowest BCUT2D eigenvalue weighted by Gasteiger charge is -2.42. The lowest BCUT2D eigenvalue weighted by molar-refractivity contribution is -0.134. The summed E-state index contributed by atoms with van der Waals surface area (Å²) >= 11 is 6.15. The number of amides is 3. The van der Waals surface area contributed by atoms with Crippen molar-refractivity contribution < 1.29 is 14.3 Å². The molecule has 1 aromatic rings. The van der Waals surface area contributed by atoms with Crippen molar-refractivity contribution in [1.29, 1.82) is 0 Å². The van der Waals surface area contributed by atoms with Gasteiger partial charge in [-0.05, 0) is 59.1 Å². The van der Waals surface area contributed by atoms with Crippen LogP contribution in [0.3, 0.4) is 0 Å². The molecule has 2 aliphatic heterocycles.